The van der Waals surface area contributed by atoms with E-state index in [0.717, 1.165) is 19.3 Å². The monoisotopic (exact) mass is 166 g/mol. The molecule has 1 rings (SSSR count). The van der Waals surface area contributed by atoms with Gasteiger partial charge in [-0.05, 0) is 26.2 Å². The summed E-state index contributed by atoms with van der Waals surface area (Å²) in [5, 5.41) is 11.5. The SMILES string of the molecule is CC[C@@H](C)NC(=O)C1(C#N)CC1. The molecule has 0 radical (unpaired) electrons. The fraction of sp³-hybridized carbons (Fsp3) is 0.778. The minimum absolute atomic E-state index is 0.0839. The molecular weight excluding hydrogens is 152 g/mol. The number of hydrogen-bond donors (Lipinski definition) is 1. The highest BCUT2D eigenvalue weighted by molar-refractivity contribution is 5.88. The molecule has 1 atom stereocenters. The number of hydrogen-bond acceptors (Lipinski definition) is 2. The summed E-state index contributed by atoms with van der Waals surface area (Å²) in [5.41, 5.74) is -0.663. The first-order chi connectivity index (χ1) is 5.64. The van der Waals surface area contributed by atoms with E-state index in [9.17, 15) is 4.79 Å². The molecule has 66 valence electrons. The summed E-state index contributed by atoms with van der Waals surface area (Å²) in [4.78, 5) is 11.4. The van der Waals surface area contributed by atoms with Crippen LogP contribution in [-0.2, 0) is 4.79 Å². The van der Waals surface area contributed by atoms with Crippen molar-refractivity contribution >= 4 is 5.91 Å². The molecule has 0 unspecified atom stereocenters. The molecule has 0 aromatic carbocycles. The Hall–Kier alpha value is -1.04. The van der Waals surface area contributed by atoms with Crippen molar-refractivity contribution in [2.75, 3.05) is 0 Å². The second-order valence-electron chi connectivity index (χ2n) is 3.48. The summed E-state index contributed by atoms with van der Waals surface area (Å²) in [5.74, 6) is -0.0839. The zero-order valence-corrected chi connectivity index (χ0v) is 7.55. The van der Waals surface area contributed by atoms with Gasteiger partial charge in [0, 0.05) is 6.04 Å². The Bertz CT molecular complexity index is 225. The minimum Gasteiger partial charge on any atom is -0.352 e. The van der Waals surface area contributed by atoms with Crippen molar-refractivity contribution in [1.82, 2.24) is 5.32 Å². The number of carbonyl (C=O) groups excluding carboxylic acids is 1. The van der Waals surface area contributed by atoms with Gasteiger partial charge in [0.15, 0.2) is 0 Å². The maximum absolute atomic E-state index is 11.4. The largest absolute Gasteiger partial charge is 0.352 e. The highest BCUT2D eigenvalue weighted by Gasteiger charge is 2.50. The Labute approximate surface area is 72.8 Å². The van der Waals surface area contributed by atoms with E-state index in [0.29, 0.717) is 0 Å². The third-order valence-electron chi connectivity index (χ3n) is 2.39. The average molecular weight is 166 g/mol. The van der Waals surface area contributed by atoms with Crippen LogP contribution in [0.2, 0.25) is 0 Å². The molecule has 0 heterocycles. The van der Waals surface area contributed by atoms with Gasteiger partial charge < -0.3 is 5.32 Å². The first-order valence-electron chi connectivity index (χ1n) is 4.37. The summed E-state index contributed by atoms with van der Waals surface area (Å²) < 4.78 is 0. The van der Waals surface area contributed by atoms with Crippen LogP contribution in [0.3, 0.4) is 0 Å². The first kappa shape index (κ1) is 9.05. The number of nitriles is 1. The van der Waals surface area contributed by atoms with Gasteiger partial charge in [0.1, 0.15) is 5.41 Å². The molecule has 0 bridgehead atoms. The second-order valence-corrected chi connectivity index (χ2v) is 3.48. The molecule has 3 heteroatoms. The molecular formula is C9H14N2O. The van der Waals surface area contributed by atoms with Crippen LogP contribution in [0.5, 0.6) is 0 Å². The summed E-state index contributed by atoms with van der Waals surface area (Å²) in [7, 11) is 0. The molecule has 12 heavy (non-hydrogen) atoms. The predicted octanol–water partition coefficient (Wildman–Crippen LogP) is 1.20. The van der Waals surface area contributed by atoms with E-state index in [1.54, 1.807) is 0 Å². The molecule has 0 saturated heterocycles. The van der Waals surface area contributed by atoms with Gasteiger partial charge in [-0.3, -0.25) is 4.79 Å². The van der Waals surface area contributed by atoms with Crippen molar-refractivity contribution < 1.29 is 4.79 Å². The van der Waals surface area contributed by atoms with Gasteiger partial charge in [0.05, 0.1) is 6.07 Å². The lowest BCUT2D eigenvalue weighted by atomic mass is 10.1. The quantitative estimate of drug-likeness (QED) is 0.685. The Balaban J connectivity index is 2.45. The maximum atomic E-state index is 11.4. The van der Waals surface area contributed by atoms with Crippen LogP contribution in [-0.4, -0.2) is 11.9 Å². The Morgan fingerprint density at radius 3 is 2.67 bits per heavy atom. The average Bonchev–Trinajstić information content (AvgIpc) is 2.84. The molecule has 0 aromatic heterocycles. The van der Waals surface area contributed by atoms with E-state index in [1.807, 2.05) is 13.8 Å². The van der Waals surface area contributed by atoms with Crippen LogP contribution in [0, 0.1) is 16.7 Å². The molecule has 1 saturated carbocycles. The van der Waals surface area contributed by atoms with Crippen molar-refractivity contribution in [3.05, 3.63) is 0 Å². The third-order valence-corrected chi connectivity index (χ3v) is 2.39. The normalized spacial score (nSPS) is 20.8. The predicted molar refractivity (Wildman–Crippen MR) is 45.2 cm³/mol. The maximum Gasteiger partial charge on any atom is 0.240 e. The zero-order valence-electron chi connectivity index (χ0n) is 7.55. The lowest BCUT2D eigenvalue weighted by Gasteiger charge is -2.13. The van der Waals surface area contributed by atoms with E-state index < -0.39 is 5.41 Å². The Morgan fingerprint density at radius 2 is 2.33 bits per heavy atom. The molecule has 0 spiro atoms. The zero-order chi connectivity index (χ0) is 9.19. The number of rotatable bonds is 3. The fourth-order valence-electron chi connectivity index (χ4n) is 0.979. The van der Waals surface area contributed by atoms with Crippen LogP contribution in [0.15, 0.2) is 0 Å². The molecule has 1 aliphatic carbocycles. The summed E-state index contributed by atoms with van der Waals surface area (Å²) in [6.45, 7) is 3.96. The first-order valence-corrected chi connectivity index (χ1v) is 4.37. The van der Waals surface area contributed by atoms with Gasteiger partial charge in [-0.25, -0.2) is 0 Å². The number of carbonyl (C=O) groups is 1. The van der Waals surface area contributed by atoms with Gasteiger partial charge >= 0.3 is 0 Å². The highest BCUT2D eigenvalue weighted by Crippen LogP contribution is 2.45. The number of amides is 1. The van der Waals surface area contributed by atoms with Gasteiger partial charge in [0.25, 0.3) is 0 Å². The van der Waals surface area contributed by atoms with E-state index in [-0.39, 0.29) is 11.9 Å². The molecule has 1 amide bonds. The lowest BCUT2D eigenvalue weighted by molar-refractivity contribution is -0.125. The topological polar surface area (TPSA) is 52.9 Å². The van der Waals surface area contributed by atoms with E-state index >= 15 is 0 Å². The standard InChI is InChI=1S/C9H14N2O/c1-3-7(2)11-8(12)9(6-10)4-5-9/h7H,3-5H2,1-2H3,(H,11,12)/t7-/m1/s1. The van der Waals surface area contributed by atoms with Crippen molar-refractivity contribution in [2.45, 2.75) is 39.2 Å². The van der Waals surface area contributed by atoms with Crippen LogP contribution < -0.4 is 5.32 Å². The van der Waals surface area contributed by atoms with E-state index in [1.165, 1.54) is 0 Å². The van der Waals surface area contributed by atoms with E-state index in [2.05, 4.69) is 11.4 Å². The van der Waals surface area contributed by atoms with Crippen LogP contribution in [0.4, 0.5) is 0 Å². The van der Waals surface area contributed by atoms with Crippen molar-refractivity contribution in [3.8, 4) is 6.07 Å². The highest BCUT2D eigenvalue weighted by atomic mass is 16.2. The summed E-state index contributed by atoms with van der Waals surface area (Å²) in [6, 6.07) is 2.25. The lowest BCUT2D eigenvalue weighted by Crippen LogP contribution is -2.37. The molecule has 1 fully saturated rings. The number of nitrogens with one attached hydrogen (secondary N) is 1. The van der Waals surface area contributed by atoms with Crippen LogP contribution in [0.25, 0.3) is 0 Å². The van der Waals surface area contributed by atoms with Crippen LogP contribution >= 0.6 is 0 Å². The van der Waals surface area contributed by atoms with Gasteiger partial charge in [-0.15, -0.1) is 0 Å². The van der Waals surface area contributed by atoms with Crippen molar-refractivity contribution in [3.63, 3.8) is 0 Å². The fourth-order valence-corrected chi connectivity index (χ4v) is 0.979. The second kappa shape index (κ2) is 3.14. The molecule has 0 aromatic rings. The smallest absolute Gasteiger partial charge is 0.240 e. The molecule has 3 nitrogen and oxygen atoms in total. The van der Waals surface area contributed by atoms with Gasteiger partial charge in [0.2, 0.25) is 5.91 Å². The van der Waals surface area contributed by atoms with Gasteiger partial charge in [-0.1, -0.05) is 6.92 Å². The molecule has 1 N–H and O–H groups in total. The van der Waals surface area contributed by atoms with Crippen molar-refractivity contribution in [1.29, 1.82) is 5.26 Å². The Morgan fingerprint density at radius 1 is 1.75 bits per heavy atom. The van der Waals surface area contributed by atoms with Crippen LogP contribution in [0.1, 0.15) is 33.1 Å². The molecule has 0 aliphatic heterocycles. The minimum atomic E-state index is -0.663. The van der Waals surface area contributed by atoms with Gasteiger partial charge in [-0.2, -0.15) is 5.26 Å². The molecule has 1 aliphatic rings. The van der Waals surface area contributed by atoms with E-state index in [4.69, 9.17) is 5.26 Å². The third kappa shape index (κ3) is 1.58. The number of nitrogens with zero attached hydrogens (tertiary/aromatic N) is 1. The Kier molecular flexibility index (Phi) is 2.37. The summed E-state index contributed by atoms with van der Waals surface area (Å²) in [6.07, 6.45) is 2.37. The van der Waals surface area contributed by atoms with Crippen molar-refractivity contribution in [2.24, 2.45) is 5.41 Å². The summed E-state index contributed by atoms with van der Waals surface area (Å²) >= 11 is 0.